The number of amides is 1. The van der Waals surface area contributed by atoms with Gasteiger partial charge in [-0.15, -0.1) is 0 Å². The summed E-state index contributed by atoms with van der Waals surface area (Å²) in [6, 6.07) is 7.39. The second-order valence-corrected chi connectivity index (χ2v) is 7.65. The van der Waals surface area contributed by atoms with Gasteiger partial charge >= 0.3 is 0 Å². The zero-order chi connectivity index (χ0) is 19.9. The molecule has 27 heavy (non-hydrogen) atoms. The number of carbonyl (C=O) groups excluding carboxylic acids is 1. The van der Waals surface area contributed by atoms with Gasteiger partial charge in [-0.2, -0.15) is 5.26 Å². The highest BCUT2D eigenvalue weighted by Crippen LogP contribution is 2.37. The lowest BCUT2D eigenvalue weighted by Crippen LogP contribution is -2.48. The van der Waals surface area contributed by atoms with E-state index in [4.69, 9.17) is 9.47 Å². The lowest BCUT2D eigenvalue weighted by atomic mass is 9.78. The molecule has 0 saturated heterocycles. The molecule has 5 heteroatoms. The van der Waals surface area contributed by atoms with Crippen LogP contribution in [0.1, 0.15) is 71.8 Å². The average molecular weight is 373 g/mol. The Balaban J connectivity index is 2.20. The van der Waals surface area contributed by atoms with Crippen LogP contribution in [0.4, 0.5) is 5.69 Å². The molecule has 0 spiro atoms. The third-order valence-corrected chi connectivity index (χ3v) is 5.22. The van der Waals surface area contributed by atoms with Gasteiger partial charge in [0.2, 0.25) is 0 Å². The third kappa shape index (κ3) is 5.46. The average Bonchev–Trinajstić information content (AvgIpc) is 2.67. The van der Waals surface area contributed by atoms with Crippen molar-refractivity contribution in [3.63, 3.8) is 0 Å². The van der Waals surface area contributed by atoms with Crippen LogP contribution in [0.3, 0.4) is 0 Å². The van der Waals surface area contributed by atoms with E-state index in [1.807, 2.05) is 20.8 Å². The summed E-state index contributed by atoms with van der Waals surface area (Å²) in [4.78, 5) is 13.1. The fourth-order valence-electron chi connectivity index (χ4n) is 3.55. The van der Waals surface area contributed by atoms with Gasteiger partial charge in [-0.05, 0) is 57.1 Å². The minimum absolute atomic E-state index is 0.0754. The molecule has 0 heterocycles. The molecule has 5 nitrogen and oxygen atoms in total. The van der Waals surface area contributed by atoms with Crippen molar-refractivity contribution in [2.45, 2.75) is 77.9 Å². The number of anilines is 1. The van der Waals surface area contributed by atoms with E-state index in [0.29, 0.717) is 29.5 Å². The van der Waals surface area contributed by atoms with E-state index in [1.54, 1.807) is 18.2 Å². The number of hydrogen-bond acceptors (Lipinski definition) is 4. The molecule has 0 aromatic heterocycles. The summed E-state index contributed by atoms with van der Waals surface area (Å²) in [5, 5.41) is 12.5. The molecular weight excluding hydrogens is 340 g/mol. The Morgan fingerprint density at radius 1 is 1.44 bits per heavy atom. The van der Waals surface area contributed by atoms with Gasteiger partial charge in [0.25, 0.3) is 5.91 Å². The predicted octanol–water partition coefficient (Wildman–Crippen LogP) is 5.05. The fraction of sp³-hybridized carbons (Fsp3) is 0.636. The van der Waals surface area contributed by atoms with Crippen molar-refractivity contribution >= 4 is 11.6 Å². The van der Waals surface area contributed by atoms with Crippen LogP contribution in [0.5, 0.6) is 5.75 Å². The Morgan fingerprint density at radius 2 is 2.22 bits per heavy atom. The van der Waals surface area contributed by atoms with E-state index in [9.17, 15) is 10.1 Å². The molecule has 1 amide bonds. The lowest BCUT2D eigenvalue weighted by molar-refractivity contribution is -0.148. The molecule has 0 unspecified atom stereocenters. The van der Waals surface area contributed by atoms with Crippen molar-refractivity contribution < 1.29 is 14.3 Å². The molecule has 1 aromatic rings. The van der Waals surface area contributed by atoms with E-state index >= 15 is 0 Å². The number of nitriles is 1. The van der Waals surface area contributed by atoms with Gasteiger partial charge in [-0.1, -0.05) is 27.2 Å². The van der Waals surface area contributed by atoms with Crippen LogP contribution in [0.2, 0.25) is 0 Å². The van der Waals surface area contributed by atoms with Crippen molar-refractivity contribution in [2.75, 3.05) is 11.9 Å². The van der Waals surface area contributed by atoms with Crippen LogP contribution >= 0.6 is 0 Å². The highest BCUT2D eigenvalue weighted by atomic mass is 16.5. The van der Waals surface area contributed by atoms with Crippen molar-refractivity contribution in [1.82, 2.24) is 0 Å². The first kappa shape index (κ1) is 21.2. The van der Waals surface area contributed by atoms with Crippen LogP contribution in [-0.4, -0.2) is 24.2 Å². The molecule has 1 aliphatic carbocycles. The van der Waals surface area contributed by atoms with E-state index < -0.39 is 5.60 Å². The van der Waals surface area contributed by atoms with E-state index in [0.717, 1.165) is 38.5 Å². The SMILES string of the molecule is CCCO[C@]1(C(=O)Nc2ccc(O[C@H](C)CC)cc2C#N)CCC[C@H](C)C1. The number of rotatable bonds is 8. The Kier molecular flexibility index (Phi) is 7.67. The maximum absolute atomic E-state index is 13.1. The Labute approximate surface area is 163 Å². The monoisotopic (exact) mass is 372 g/mol. The number of benzene rings is 1. The van der Waals surface area contributed by atoms with Gasteiger partial charge in [0.05, 0.1) is 17.4 Å². The molecule has 1 saturated carbocycles. The summed E-state index contributed by atoms with van der Waals surface area (Å²) >= 11 is 0. The molecule has 1 N–H and O–H groups in total. The maximum Gasteiger partial charge on any atom is 0.256 e. The predicted molar refractivity (Wildman–Crippen MR) is 107 cm³/mol. The van der Waals surface area contributed by atoms with Crippen LogP contribution in [0.25, 0.3) is 0 Å². The third-order valence-electron chi connectivity index (χ3n) is 5.22. The topological polar surface area (TPSA) is 71.3 Å². The number of carbonyl (C=O) groups is 1. The Morgan fingerprint density at radius 3 is 2.85 bits per heavy atom. The van der Waals surface area contributed by atoms with Gasteiger partial charge in [-0.3, -0.25) is 4.79 Å². The van der Waals surface area contributed by atoms with Crippen LogP contribution in [0.15, 0.2) is 18.2 Å². The second kappa shape index (κ2) is 9.75. The summed E-state index contributed by atoms with van der Waals surface area (Å²) in [7, 11) is 0. The van der Waals surface area contributed by atoms with E-state index in [-0.39, 0.29) is 12.0 Å². The highest BCUT2D eigenvalue weighted by Gasteiger charge is 2.43. The minimum Gasteiger partial charge on any atom is -0.491 e. The van der Waals surface area contributed by atoms with Crippen molar-refractivity contribution in [3.8, 4) is 11.8 Å². The smallest absolute Gasteiger partial charge is 0.256 e. The number of hydrogen-bond donors (Lipinski definition) is 1. The molecule has 1 aromatic carbocycles. The number of ether oxygens (including phenoxy) is 2. The molecular formula is C22H32N2O3. The van der Waals surface area contributed by atoms with Crippen LogP contribution in [0, 0.1) is 17.2 Å². The standard InChI is InChI=1S/C22H32N2O3/c1-5-12-26-22(11-7-8-16(3)14-22)21(25)24-20-10-9-19(13-18(20)15-23)27-17(4)6-2/h9-10,13,16-17H,5-8,11-12,14H2,1-4H3,(H,24,25)/t16-,17+,22+/m0/s1. The summed E-state index contributed by atoms with van der Waals surface area (Å²) < 4.78 is 11.8. The quantitative estimate of drug-likeness (QED) is 0.693. The molecule has 2 rings (SSSR count). The summed E-state index contributed by atoms with van der Waals surface area (Å²) in [5.41, 5.74) is 0.113. The highest BCUT2D eigenvalue weighted by molar-refractivity contribution is 5.98. The molecule has 148 valence electrons. The second-order valence-electron chi connectivity index (χ2n) is 7.65. The van der Waals surface area contributed by atoms with Crippen molar-refractivity contribution in [3.05, 3.63) is 23.8 Å². The van der Waals surface area contributed by atoms with Gasteiger partial charge in [0.15, 0.2) is 0 Å². The first-order valence-electron chi connectivity index (χ1n) is 10.1. The van der Waals surface area contributed by atoms with Crippen LogP contribution < -0.4 is 10.1 Å². The van der Waals surface area contributed by atoms with Gasteiger partial charge in [0.1, 0.15) is 17.4 Å². The summed E-state index contributed by atoms with van der Waals surface area (Å²) in [6.07, 6.45) is 5.37. The normalized spacial score (nSPS) is 23.3. The molecule has 3 atom stereocenters. The maximum atomic E-state index is 13.1. The molecule has 0 bridgehead atoms. The van der Waals surface area contributed by atoms with E-state index in [1.165, 1.54) is 0 Å². The van der Waals surface area contributed by atoms with E-state index in [2.05, 4.69) is 18.3 Å². The summed E-state index contributed by atoms with van der Waals surface area (Å²) in [6.45, 7) is 8.80. The van der Waals surface area contributed by atoms with Crippen molar-refractivity contribution in [1.29, 1.82) is 5.26 Å². The zero-order valence-corrected chi connectivity index (χ0v) is 17.0. The minimum atomic E-state index is -0.799. The van der Waals surface area contributed by atoms with Gasteiger partial charge < -0.3 is 14.8 Å². The molecule has 1 fully saturated rings. The number of nitrogens with one attached hydrogen (secondary N) is 1. The number of nitrogens with zero attached hydrogens (tertiary/aromatic N) is 1. The fourth-order valence-corrected chi connectivity index (χ4v) is 3.55. The largest absolute Gasteiger partial charge is 0.491 e. The lowest BCUT2D eigenvalue weighted by Gasteiger charge is -2.38. The van der Waals surface area contributed by atoms with Gasteiger partial charge in [-0.25, -0.2) is 0 Å². The first-order chi connectivity index (χ1) is 12.9. The Bertz CT molecular complexity index is 683. The molecule has 0 aliphatic heterocycles. The van der Waals surface area contributed by atoms with Gasteiger partial charge in [0, 0.05) is 12.7 Å². The Hall–Kier alpha value is -2.06. The molecule has 1 aliphatic rings. The molecule has 0 radical (unpaired) electrons. The van der Waals surface area contributed by atoms with Crippen LogP contribution in [-0.2, 0) is 9.53 Å². The first-order valence-corrected chi connectivity index (χ1v) is 10.1. The zero-order valence-electron chi connectivity index (χ0n) is 17.0. The summed E-state index contributed by atoms with van der Waals surface area (Å²) in [5.74, 6) is 0.944. The van der Waals surface area contributed by atoms with Crippen molar-refractivity contribution in [2.24, 2.45) is 5.92 Å².